The number of nitrogens with one attached hydrogen (secondary N) is 2. The average Bonchev–Trinajstić information content (AvgIpc) is 3.32. The fourth-order valence-electron chi connectivity index (χ4n) is 2.68. The molecule has 0 unspecified atom stereocenters. The van der Waals surface area contributed by atoms with Crippen molar-refractivity contribution < 1.29 is 19.1 Å². The summed E-state index contributed by atoms with van der Waals surface area (Å²) in [6.45, 7) is 0. The van der Waals surface area contributed by atoms with E-state index in [0.29, 0.717) is 40.5 Å². The molecule has 0 aliphatic rings. The average molecular weight is 950 g/mol. The van der Waals surface area contributed by atoms with Crippen LogP contribution in [0.4, 0.5) is 11.4 Å². The van der Waals surface area contributed by atoms with Crippen molar-refractivity contribution in [2.45, 2.75) is 8.68 Å². The van der Waals surface area contributed by atoms with Crippen molar-refractivity contribution in [1.82, 2.24) is 10.2 Å². The highest BCUT2D eigenvalue weighted by molar-refractivity contribution is 9.15. The van der Waals surface area contributed by atoms with E-state index in [9.17, 15) is 9.59 Å². The number of benzene rings is 2. The molecule has 0 aliphatic heterocycles. The monoisotopic (exact) mass is 944 g/mol. The number of carbonyl (C=O) groups excluding carboxylic acids is 2. The third kappa shape index (κ3) is 8.31. The zero-order valence-electron chi connectivity index (χ0n) is 18.6. The Morgan fingerprint density at radius 2 is 1.14 bits per heavy atom. The number of amides is 2. The molecule has 3 rings (SSSR count). The van der Waals surface area contributed by atoms with Crippen LogP contribution >= 0.6 is 130 Å². The Hall–Kier alpha value is 0.120. The first-order valence-electron chi connectivity index (χ1n) is 9.67. The third-order valence-corrected chi connectivity index (χ3v) is 14.0. The summed E-state index contributed by atoms with van der Waals surface area (Å²) < 4.78 is 16.5. The molecule has 1 heterocycles. The van der Waals surface area contributed by atoms with Crippen LogP contribution in [0.25, 0.3) is 0 Å². The Bertz CT molecular complexity index is 1250. The van der Waals surface area contributed by atoms with Crippen LogP contribution in [-0.4, -0.2) is 47.7 Å². The second-order valence-electron chi connectivity index (χ2n) is 6.64. The lowest BCUT2D eigenvalue weighted by Crippen LogP contribution is -2.15. The van der Waals surface area contributed by atoms with Crippen molar-refractivity contribution in [2.75, 3.05) is 36.4 Å². The van der Waals surface area contributed by atoms with E-state index in [4.69, 9.17) is 9.47 Å². The number of nitrogens with zero attached hydrogens (tertiary/aromatic N) is 2. The molecule has 0 aliphatic carbocycles. The summed E-state index contributed by atoms with van der Waals surface area (Å²) in [7, 11) is 3.05. The summed E-state index contributed by atoms with van der Waals surface area (Å²) in [6, 6.07) is 3.50. The minimum Gasteiger partial charge on any atom is -0.493 e. The van der Waals surface area contributed by atoms with E-state index >= 15 is 0 Å². The molecular weight excluding hydrogens is 936 g/mol. The number of thioether (sulfide) groups is 2. The highest BCUT2D eigenvalue weighted by Gasteiger charge is 2.19. The van der Waals surface area contributed by atoms with Gasteiger partial charge in [-0.15, -0.1) is 10.2 Å². The van der Waals surface area contributed by atoms with Gasteiger partial charge in [-0.25, -0.2) is 0 Å². The Morgan fingerprint density at radius 3 is 1.49 bits per heavy atom. The first-order valence-corrected chi connectivity index (χ1v) is 17.2. The molecule has 0 saturated heterocycles. The van der Waals surface area contributed by atoms with Crippen molar-refractivity contribution >= 4 is 154 Å². The molecule has 0 spiro atoms. The van der Waals surface area contributed by atoms with E-state index in [-0.39, 0.29) is 23.3 Å². The molecular formula is C20H14Br6N4O4S3. The molecule has 2 N–H and O–H groups in total. The minimum atomic E-state index is -0.228. The normalized spacial score (nSPS) is 10.8. The summed E-state index contributed by atoms with van der Waals surface area (Å²) in [4.78, 5) is 25.1. The number of aromatic nitrogens is 2. The zero-order valence-corrected chi connectivity index (χ0v) is 30.6. The number of hydrogen-bond donors (Lipinski definition) is 2. The van der Waals surface area contributed by atoms with Gasteiger partial charge in [0.15, 0.2) is 20.2 Å². The molecule has 198 valence electrons. The first kappa shape index (κ1) is 31.6. The van der Waals surface area contributed by atoms with Crippen LogP contribution in [0.15, 0.2) is 47.6 Å². The Morgan fingerprint density at radius 1 is 0.757 bits per heavy atom. The van der Waals surface area contributed by atoms with Gasteiger partial charge in [0.2, 0.25) is 11.8 Å². The van der Waals surface area contributed by atoms with Crippen LogP contribution in [0.3, 0.4) is 0 Å². The predicted molar refractivity (Wildman–Crippen MR) is 171 cm³/mol. The lowest BCUT2D eigenvalue weighted by atomic mass is 10.3. The van der Waals surface area contributed by atoms with E-state index in [2.05, 4.69) is 116 Å². The molecule has 37 heavy (non-hydrogen) atoms. The molecule has 17 heteroatoms. The molecule has 0 bridgehead atoms. The molecule has 3 aromatic rings. The van der Waals surface area contributed by atoms with Gasteiger partial charge < -0.3 is 20.1 Å². The molecule has 8 nitrogen and oxygen atoms in total. The van der Waals surface area contributed by atoms with Crippen LogP contribution in [0.1, 0.15) is 0 Å². The van der Waals surface area contributed by atoms with E-state index < -0.39 is 0 Å². The van der Waals surface area contributed by atoms with Crippen molar-refractivity contribution in [1.29, 1.82) is 0 Å². The topological polar surface area (TPSA) is 102 Å². The van der Waals surface area contributed by atoms with Gasteiger partial charge in [0, 0.05) is 17.9 Å². The lowest BCUT2D eigenvalue weighted by molar-refractivity contribution is -0.114. The summed E-state index contributed by atoms with van der Waals surface area (Å²) in [5.41, 5.74) is 1.05. The number of hydrogen-bond acceptors (Lipinski definition) is 9. The molecule has 0 atom stereocenters. The molecule has 0 fully saturated rings. The highest BCUT2D eigenvalue weighted by Crippen LogP contribution is 2.44. The second kappa shape index (κ2) is 14.7. The maximum absolute atomic E-state index is 12.5. The number of carbonyl (C=O) groups is 2. The SMILES string of the molecule is COc1c(NC(=O)CSc2nnc(SCC(=O)Nc3cc(Br)c(Br)c(Br)c3OC)s2)cc(Br)c(Br)c1Br. The summed E-state index contributed by atoms with van der Waals surface area (Å²) >= 11 is 24.5. The van der Waals surface area contributed by atoms with Crippen LogP contribution in [-0.2, 0) is 9.59 Å². The fraction of sp³-hybridized carbons (Fsp3) is 0.200. The molecule has 0 saturated carbocycles. The fourth-order valence-corrected chi connectivity index (χ4v) is 8.46. The maximum atomic E-state index is 12.5. The highest BCUT2D eigenvalue weighted by atomic mass is 79.9. The van der Waals surface area contributed by atoms with Crippen LogP contribution in [0.2, 0.25) is 0 Å². The molecule has 2 aromatic carbocycles. The van der Waals surface area contributed by atoms with Gasteiger partial charge in [0.05, 0.1) is 46.0 Å². The largest absolute Gasteiger partial charge is 0.493 e. The van der Waals surface area contributed by atoms with E-state index in [1.165, 1.54) is 49.1 Å². The minimum absolute atomic E-state index is 0.126. The Labute approximate surface area is 275 Å². The number of methoxy groups -OCH3 is 2. The second-order valence-corrected chi connectivity index (χ2v) is 14.9. The van der Waals surface area contributed by atoms with Crippen LogP contribution < -0.4 is 20.1 Å². The number of halogens is 6. The quantitative estimate of drug-likeness (QED) is 0.154. The smallest absolute Gasteiger partial charge is 0.234 e. The molecule has 1 aromatic heterocycles. The van der Waals surface area contributed by atoms with Gasteiger partial charge >= 0.3 is 0 Å². The lowest BCUT2D eigenvalue weighted by Gasteiger charge is -2.14. The van der Waals surface area contributed by atoms with Gasteiger partial charge in [-0.1, -0.05) is 34.9 Å². The van der Waals surface area contributed by atoms with E-state index in [1.807, 2.05) is 0 Å². The van der Waals surface area contributed by atoms with Crippen LogP contribution in [0, 0.1) is 0 Å². The number of rotatable bonds is 10. The summed E-state index contributed by atoms with van der Waals surface area (Å²) in [5.74, 6) is 0.800. The van der Waals surface area contributed by atoms with Gasteiger partial charge in [-0.2, -0.15) is 0 Å². The van der Waals surface area contributed by atoms with Crippen molar-refractivity contribution in [3.05, 3.63) is 39.0 Å². The number of anilines is 2. The number of ether oxygens (including phenoxy) is 2. The first-order chi connectivity index (χ1) is 17.5. The molecule has 0 radical (unpaired) electrons. The Balaban J connectivity index is 1.53. The van der Waals surface area contributed by atoms with E-state index in [0.717, 1.165) is 17.9 Å². The third-order valence-electron chi connectivity index (χ3n) is 4.23. The van der Waals surface area contributed by atoms with Crippen molar-refractivity contribution in [3.8, 4) is 11.5 Å². The Kier molecular flexibility index (Phi) is 12.5. The van der Waals surface area contributed by atoms with Gasteiger partial charge in [0.25, 0.3) is 0 Å². The zero-order chi connectivity index (χ0) is 27.3. The van der Waals surface area contributed by atoms with Gasteiger partial charge in [0.1, 0.15) is 0 Å². The maximum Gasteiger partial charge on any atom is 0.234 e. The predicted octanol–water partition coefficient (Wildman–Crippen LogP) is 8.59. The van der Waals surface area contributed by atoms with Gasteiger partial charge in [-0.05, 0) is 108 Å². The van der Waals surface area contributed by atoms with Crippen LogP contribution in [0.5, 0.6) is 11.5 Å². The summed E-state index contributed by atoms with van der Waals surface area (Å²) in [5, 5.41) is 13.9. The van der Waals surface area contributed by atoms with Crippen molar-refractivity contribution in [2.24, 2.45) is 0 Å². The van der Waals surface area contributed by atoms with Crippen molar-refractivity contribution in [3.63, 3.8) is 0 Å². The molecule has 2 amide bonds. The van der Waals surface area contributed by atoms with E-state index in [1.54, 1.807) is 12.1 Å². The summed E-state index contributed by atoms with van der Waals surface area (Å²) in [6.07, 6.45) is 0. The standard InChI is InChI=1S/C20H14Br6N4O4S3/c1-33-17-9(3-7(21)13(23)15(17)25)27-11(31)5-35-19-29-30-20(37-19)36-6-12(32)28-10-4-8(22)14(24)16(26)18(10)34-2/h3-4H,5-6H2,1-2H3,(H,27,31)(H,28,32). The van der Waals surface area contributed by atoms with Gasteiger partial charge in [-0.3, -0.25) is 9.59 Å².